The molecule has 3 rings (SSSR count). The molecule has 0 aliphatic heterocycles. The number of rotatable bonds is 6. The number of amides is 2. The summed E-state index contributed by atoms with van der Waals surface area (Å²) >= 11 is 0. The lowest BCUT2D eigenvalue weighted by Crippen LogP contribution is -2.28. The summed E-state index contributed by atoms with van der Waals surface area (Å²) in [7, 11) is 0. The topological polar surface area (TPSA) is 63.5 Å². The Morgan fingerprint density at radius 3 is 2.84 bits per heavy atom. The van der Waals surface area contributed by atoms with Crippen molar-refractivity contribution in [2.45, 2.75) is 33.1 Å². The average Bonchev–Trinajstić information content (AvgIpc) is 3.06. The molecule has 0 unspecified atom stereocenters. The zero-order chi connectivity index (χ0) is 17.6. The van der Waals surface area contributed by atoms with E-state index in [0.717, 1.165) is 27.8 Å². The SMILES string of the molecule is CC(C)OCc1cccc(NC(=O)NCc2ccc3occc3c2)c1. The molecule has 25 heavy (non-hydrogen) atoms. The molecule has 2 aromatic carbocycles. The fraction of sp³-hybridized carbons (Fsp3) is 0.250. The maximum Gasteiger partial charge on any atom is 0.319 e. The van der Waals surface area contributed by atoms with Crippen LogP contribution < -0.4 is 10.6 Å². The van der Waals surface area contributed by atoms with E-state index in [4.69, 9.17) is 9.15 Å². The standard InChI is InChI=1S/C20H22N2O3/c1-14(2)25-13-16-4-3-5-18(11-16)22-20(23)21-12-15-6-7-19-17(10-15)8-9-24-19/h3-11,14H,12-13H2,1-2H3,(H2,21,22,23). The van der Waals surface area contributed by atoms with Gasteiger partial charge in [-0.1, -0.05) is 18.2 Å². The smallest absolute Gasteiger partial charge is 0.319 e. The molecule has 0 atom stereocenters. The lowest BCUT2D eigenvalue weighted by atomic mass is 10.1. The van der Waals surface area contributed by atoms with Crippen LogP contribution in [-0.4, -0.2) is 12.1 Å². The van der Waals surface area contributed by atoms with Crippen LogP contribution in [0.4, 0.5) is 10.5 Å². The van der Waals surface area contributed by atoms with Crippen LogP contribution in [0, 0.1) is 0 Å². The highest BCUT2D eigenvalue weighted by atomic mass is 16.5. The third kappa shape index (κ3) is 4.84. The van der Waals surface area contributed by atoms with E-state index in [9.17, 15) is 4.79 Å². The summed E-state index contributed by atoms with van der Waals surface area (Å²) < 4.78 is 10.9. The van der Waals surface area contributed by atoms with Crippen LogP contribution in [0.3, 0.4) is 0 Å². The highest BCUT2D eigenvalue weighted by molar-refractivity contribution is 5.89. The molecule has 3 aromatic rings. The van der Waals surface area contributed by atoms with Crippen LogP contribution in [0.25, 0.3) is 11.0 Å². The van der Waals surface area contributed by atoms with Crippen molar-refractivity contribution < 1.29 is 13.9 Å². The molecule has 5 nitrogen and oxygen atoms in total. The van der Waals surface area contributed by atoms with Crippen molar-refractivity contribution in [3.63, 3.8) is 0 Å². The number of urea groups is 1. The Labute approximate surface area is 147 Å². The van der Waals surface area contributed by atoms with Crippen molar-refractivity contribution in [1.82, 2.24) is 5.32 Å². The lowest BCUT2D eigenvalue weighted by Gasteiger charge is -2.11. The van der Waals surface area contributed by atoms with Gasteiger partial charge in [0, 0.05) is 17.6 Å². The highest BCUT2D eigenvalue weighted by Crippen LogP contribution is 2.17. The molecule has 130 valence electrons. The van der Waals surface area contributed by atoms with Crippen LogP contribution in [-0.2, 0) is 17.9 Å². The quantitative estimate of drug-likeness (QED) is 0.686. The van der Waals surface area contributed by atoms with Gasteiger partial charge in [-0.25, -0.2) is 4.79 Å². The number of fused-ring (bicyclic) bond motifs is 1. The minimum atomic E-state index is -0.241. The minimum absolute atomic E-state index is 0.174. The van der Waals surface area contributed by atoms with Crippen molar-refractivity contribution in [3.8, 4) is 0 Å². The average molecular weight is 338 g/mol. The van der Waals surface area contributed by atoms with E-state index in [1.807, 2.05) is 62.4 Å². The Bertz CT molecular complexity index is 855. The van der Waals surface area contributed by atoms with Crippen LogP contribution in [0.2, 0.25) is 0 Å². The largest absolute Gasteiger partial charge is 0.464 e. The molecule has 0 saturated heterocycles. The van der Waals surface area contributed by atoms with Crippen molar-refractivity contribution in [1.29, 1.82) is 0 Å². The van der Waals surface area contributed by atoms with Gasteiger partial charge in [0.2, 0.25) is 0 Å². The van der Waals surface area contributed by atoms with Crippen LogP contribution in [0.1, 0.15) is 25.0 Å². The molecular weight excluding hydrogens is 316 g/mol. The first-order valence-electron chi connectivity index (χ1n) is 8.32. The first kappa shape index (κ1) is 17.0. The molecule has 0 fully saturated rings. The van der Waals surface area contributed by atoms with Crippen LogP contribution in [0.5, 0.6) is 0 Å². The van der Waals surface area contributed by atoms with Crippen molar-refractivity contribution in [3.05, 3.63) is 65.9 Å². The Balaban J connectivity index is 1.54. The fourth-order valence-electron chi connectivity index (χ4n) is 2.49. The Hall–Kier alpha value is -2.79. The zero-order valence-corrected chi connectivity index (χ0v) is 14.4. The highest BCUT2D eigenvalue weighted by Gasteiger charge is 2.05. The third-order valence-corrected chi connectivity index (χ3v) is 3.74. The molecule has 0 radical (unpaired) electrons. The van der Waals surface area contributed by atoms with Crippen LogP contribution >= 0.6 is 0 Å². The molecule has 0 aliphatic carbocycles. The second-order valence-corrected chi connectivity index (χ2v) is 6.16. The number of nitrogens with one attached hydrogen (secondary N) is 2. The molecule has 0 bridgehead atoms. The number of carbonyl (C=O) groups is 1. The molecule has 2 amide bonds. The zero-order valence-electron chi connectivity index (χ0n) is 14.4. The second kappa shape index (κ2) is 7.85. The molecule has 0 spiro atoms. The number of ether oxygens (including phenoxy) is 1. The van der Waals surface area contributed by atoms with Gasteiger partial charge < -0.3 is 19.8 Å². The van der Waals surface area contributed by atoms with Gasteiger partial charge in [0.1, 0.15) is 5.58 Å². The summed E-state index contributed by atoms with van der Waals surface area (Å²) in [6.07, 6.45) is 1.83. The van der Waals surface area contributed by atoms with E-state index in [2.05, 4.69) is 10.6 Å². The van der Waals surface area contributed by atoms with Crippen molar-refractivity contribution >= 4 is 22.7 Å². The van der Waals surface area contributed by atoms with Gasteiger partial charge in [0.05, 0.1) is 19.0 Å². The first-order valence-corrected chi connectivity index (χ1v) is 8.32. The molecular formula is C20H22N2O3. The number of hydrogen-bond acceptors (Lipinski definition) is 3. The number of benzene rings is 2. The summed E-state index contributed by atoms with van der Waals surface area (Å²) in [4.78, 5) is 12.1. The molecule has 0 aliphatic rings. The second-order valence-electron chi connectivity index (χ2n) is 6.16. The first-order chi connectivity index (χ1) is 12.1. The van der Waals surface area contributed by atoms with Crippen molar-refractivity contribution in [2.24, 2.45) is 0 Å². The van der Waals surface area contributed by atoms with Gasteiger partial charge in [-0.15, -0.1) is 0 Å². The van der Waals surface area contributed by atoms with E-state index >= 15 is 0 Å². The molecule has 2 N–H and O–H groups in total. The maximum atomic E-state index is 12.1. The summed E-state index contributed by atoms with van der Waals surface area (Å²) in [5.41, 5.74) is 3.63. The molecule has 1 aromatic heterocycles. The number of furan rings is 1. The van der Waals surface area contributed by atoms with Gasteiger partial charge in [0.25, 0.3) is 0 Å². The van der Waals surface area contributed by atoms with Gasteiger partial charge in [-0.2, -0.15) is 0 Å². The van der Waals surface area contributed by atoms with Gasteiger partial charge >= 0.3 is 6.03 Å². The van der Waals surface area contributed by atoms with Gasteiger partial charge in [-0.05, 0) is 55.3 Å². The predicted molar refractivity (Wildman–Crippen MR) is 98.4 cm³/mol. The predicted octanol–water partition coefficient (Wildman–Crippen LogP) is 4.68. The minimum Gasteiger partial charge on any atom is -0.464 e. The van der Waals surface area contributed by atoms with Crippen molar-refractivity contribution in [2.75, 3.05) is 5.32 Å². The number of carbonyl (C=O) groups excluding carboxylic acids is 1. The van der Waals surface area contributed by atoms with Crippen LogP contribution in [0.15, 0.2) is 59.2 Å². The fourth-order valence-corrected chi connectivity index (χ4v) is 2.49. The van der Waals surface area contributed by atoms with Gasteiger partial charge in [-0.3, -0.25) is 0 Å². The summed E-state index contributed by atoms with van der Waals surface area (Å²) in [5.74, 6) is 0. The Morgan fingerprint density at radius 1 is 1.12 bits per heavy atom. The Kier molecular flexibility index (Phi) is 5.36. The summed E-state index contributed by atoms with van der Waals surface area (Å²) in [6, 6.07) is 15.2. The van der Waals surface area contributed by atoms with E-state index in [0.29, 0.717) is 13.2 Å². The van der Waals surface area contributed by atoms with E-state index in [1.54, 1.807) is 6.26 Å². The van der Waals surface area contributed by atoms with E-state index < -0.39 is 0 Å². The van der Waals surface area contributed by atoms with E-state index in [-0.39, 0.29) is 12.1 Å². The van der Waals surface area contributed by atoms with Gasteiger partial charge in [0.15, 0.2) is 0 Å². The maximum absolute atomic E-state index is 12.1. The molecule has 1 heterocycles. The monoisotopic (exact) mass is 338 g/mol. The molecule has 0 saturated carbocycles. The number of anilines is 1. The third-order valence-electron chi connectivity index (χ3n) is 3.74. The van der Waals surface area contributed by atoms with E-state index in [1.165, 1.54) is 0 Å². The number of hydrogen-bond donors (Lipinski definition) is 2. The Morgan fingerprint density at radius 2 is 2.00 bits per heavy atom. The summed E-state index contributed by atoms with van der Waals surface area (Å²) in [5, 5.41) is 6.74. The normalized spacial score (nSPS) is 11.0. The lowest BCUT2D eigenvalue weighted by molar-refractivity contribution is 0.0657. The summed E-state index contributed by atoms with van der Waals surface area (Å²) in [6.45, 7) is 4.97. The molecule has 5 heteroatoms.